The van der Waals surface area contributed by atoms with Crippen molar-refractivity contribution in [3.05, 3.63) is 54.7 Å². The minimum atomic E-state index is -1.15. The van der Waals surface area contributed by atoms with Gasteiger partial charge in [0.05, 0.1) is 5.69 Å². The molecule has 0 radical (unpaired) electrons. The van der Waals surface area contributed by atoms with Gasteiger partial charge in [0.1, 0.15) is 17.3 Å². The lowest BCUT2D eigenvalue weighted by Gasteiger charge is -2.01. The standard InChI is InChI=1S/C16H12N2O4/c19-12-5-1-10(2-6-12)14-9-18(16(21)22)15(17-14)11-3-7-13(20)8-4-11/h1-9,19-20H,(H,21,22). The van der Waals surface area contributed by atoms with E-state index in [1.54, 1.807) is 24.3 Å². The van der Waals surface area contributed by atoms with E-state index in [0.717, 1.165) is 4.57 Å². The van der Waals surface area contributed by atoms with Crippen LogP contribution in [0.1, 0.15) is 0 Å². The van der Waals surface area contributed by atoms with Gasteiger partial charge in [-0.2, -0.15) is 0 Å². The Kier molecular flexibility index (Phi) is 3.27. The third-order valence-electron chi connectivity index (χ3n) is 3.20. The fourth-order valence-electron chi connectivity index (χ4n) is 2.11. The van der Waals surface area contributed by atoms with Gasteiger partial charge in [-0.15, -0.1) is 0 Å². The van der Waals surface area contributed by atoms with Crippen LogP contribution in [0.15, 0.2) is 54.7 Å². The van der Waals surface area contributed by atoms with Gasteiger partial charge >= 0.3 is 6.09 Å². The molecule has 1 heterocycles. The highest BCUT2D eigenvalue weighted by atomic mass is 16.4. The summed E-state index contributed by atoms with van der Waals surface area (Å²) in [7, 11) is 0. The molecule has 2 aromatic carbocycles. The molecule has 3 N–H and O–H groups in total. The number of carbonyl (C=O) groups is 1. The maximum absolute atomic E-state index is 11.4. The summed E-state index contributed by atoms with van der Waals surface area (Å²) < 4.78 is 1.02. The molecule has 0 spiro atoms. The average molecular weight is 296 g/mol. The molecule has 0 fully saturated rings. The second kappa shape index (κ2) is 5.25. The Balaban J connectivity index is 2.11. The van der Waals surface area contributed by atoms with Crippen LogP contribution in [0.5, 0.6) is 11.5 Å². The maximum atomic E-state index is 11.4. The molecule has 6 nitrogen and oxygen atoms in total. The highest BCUT2D eigenvalue weighted by Crippen LogP contribution is 2.27. The van der Waals surface area contributed by atoms with E-state index in [-0.39, 0.29) is 17.3 Å². The quantitative estimate of drug-likeness (QED) is 0.675. The molecule has 0 amide bonds. The highest BCUT2D eigenvalue weighted by molar-refractivity contribution is 5.78. The third kappa shape index (κ3) is 2.49. The molecule has 0 aliphatic rings. The zero-order valence-electron chi connectivity index (χ0n) is 11.3. The first-order chi connectivity index (χ1) is 10.5. The third-order valence-corrected chi connectivity index (χ3v) is 3.20. The summed E-state index contributed by atoms with van der Waals surface area (Å²) in [5.41, 5.74) is 1.74. The van der Waals surface area contributed by atoms with Crippen LogP contribution in [0.4, 0.5) is 4.79 Å². The van der Waals surface area contributed by atoms with E-state index in [2.05, 4.69) is 4.98 Å². The number of rotatable bonds is 2. The van der Waals surface area contributed by atoms with Crippen LogP contribution >= 0.6 is 0 Å². The number of aromatic nitrogens is 2. The van der Waals surface area contributed by atoms with Crippen molar-refractivity contribution in [1.29, 1.82) is 0 Å². The summed E-state index contributed by atoms with van der Waals surface area (Å²) >= 11 is 0. The lowest BCUT2D eigenvalue weighted by Crippen LogP contribution is -2.08. The summed E-state index contributed by atoms with van der Waals surface area (Å²) in [6.07, 6.45) is 0.261. The van der Waals surface area contributed by atoms with Gasteiger partial charge in [-0.1, -0.05) is 0 Å². The van der Waals surface area contributed by atoms with E-state index < -0.39 is 6.09 Å². The molecule has 1 aromatic heterocycles. The zero-order chi connectivity index (χ0) is 15.7. The number of aromatic hydroxyl groups is 2. The van der Waals surface area contributed by atoms with Crippen LogP contribution in [0.3, 0.4) is 0 Å². The Morgan fingerprint density at radius 3 is 1.86 bits per heavy atom. The summed E-state index contributed by atoms with van der Waals surface area (Å²) in [6.45, 7) is 0. The molecule has 0 saturated heterocycles. The van der Waals surface area contributed by atoms with Crippen LogP contribution in [0.25, 0.3) is 22.6 Å². The monoisotopic (exact) mass is 296 g/mol. The SMILES string of the molecule is O=C(O)n1cc(-c2ccc(O)cc2)nc1-c1ccc(O)cc1. The molecule has 3 rings (SSSR count). The number of benzene rings is 2. The highest BCUT2D eigenvalue weighted by Gasteiger charge is 2.15. The van der Waals surface area contributed by atoms with E-state index in [9.17, 15) is 20.1 Å². The van der Waals surface area contributed by atoms with Crippen LogP contribution in [0.2, 0.25) is 0 Å². The molecule has 0 aliphatic heterocycles. The predicted molar refractivity (Wildman–Crippen MR) is 79.9 cm³/mol. The van der Waals surface area contributed by atoms with Crippen molar-refractivity contribution in [2.45, 2.75) is 0 Å². The van der Waals surface area contributed by atoms with Crippen molar-refractivity contribution in [2.75, 3.05) is 0 Å². The fraction of sp³-hybridized carbons (Fsp3) is 0. The summed E-state index contributed by atoms with van der Waals surface area (Å²) in [5, 5.41) is 28.0. The van der Waals surface area contributed by atoms with Crippen molar-refractivity contribution in [3.63, 3.8) is 0 Å². The van der Waals surface area contributed by atoms with Gasteiger partial charge in [0.2, 0.25) is 0 Å². The van der Waals surface area contributed by atoms with Crippen molar-refractivity contribution >= 4 is 6.09 Å². The number of phenols is 2. The van der Waals surface area contributed by atoms with E-state index in [1.807, 2.05) is 0 Å². The van der Waals surface area contributed by atoms with Gasteiger partial charge in [0, 0.05) is 17.3 Å². The second-order valence-corrected chi connectivity index (χ2v) is 4.70. The number of hydrogen-bond acceptors (Lipinski definition) is 4. The lowest BCUT2D eigenvalue weighted by atomic mass is 10.1. The smallest absolute Gasteiger partial charge is 0.417 e. The maximum Gasteiger partial charge on any atom is 0.417 e. The Hall–Kier alpha value is -3.28. The van der Waals surface area contributed by atoms with Crippen LogP contribution < -0.4 is 0 Å². The number of carboxylic acid groups (broad SMARTS) is 1. The second-order valence-electron chi connectivity index (χ2n) is 4.70. The first kappa shape index (κ1) is 13.7. The van der Waals surface area contributed by atoms with E-state index in [1.165, 1.54) is 30.5 Å². The van der Waals surface area contributed by atoms with Crippen LogP contribution in [-0.4, -0.2) is 31.0 Å². The largest absolute Gasteiger partial charge is 0.508 e. The molecule has 22 heavy (non-hydrogen) atoms. The minimum Gasteiger partial charge on any atom is -0.508 e. The van der Waals surface area contributed by atoms with Crippen molar-refractivity contribution in [1.82, 2.24) is 9.55 Å². The number of hydrogen-bond donors (Lipinski definition) is 3. The Morgan fingerprint density at radius 2 is 1.36 bits per heavy atom. The number of nitrogens with zero attached hydrogens (tertiary/aromatic N) is 2. The first-order valence-electron chi connectivity index (χ1n) is 6.46. The molecular weight excluding hydrogens is 284 g/mol. The molecule has 0 unspecified atom stereocenters. The first-order valence-corrected chi connectivity index (χ1v) is 6.46. The Morgan fingerprint density at radius 1 is 0.864 bits per heavy atom. The van der Waals surface area contributed by atoms with E-state index in [0.29, 0.717) is 16.8 Å². The van der Waals surface area contributed by atoms with E-state index in [4.69, 9.17) is 0 Å². The molecule has 110 valence electrons. The van der Waals surface area contributed by atoms with Gasteiger partial charge in [-0.25, -0.2) is 14.3 Å². The molecule has 6 heteroatoms. The van der Waals surface area contributed by atoms with Crippen LogP contribution in [-0.2, 0) is 0 Å². The summed E-state index contributed by atoms with van der Waals surface area (Å²) in [6, 6.07) is 12.5. The van der Waals surface area contributed by atoms with E-state index >= 15 is 0 Å². The Labute approximate surface area is 125 Å². The van der Waals surface area contributed by atoms with Crippen molar-refractivity contribution in [2.24, 2.45) is 0 Å². The number of imidazole rings is 1. The van der Waals surface area contributed by atoms with Gasteiger partial charge in [-0.05, 0) is 48.5 Å². The van der Waals surface area contributed by atoms with Crippen molar-refractivity contribution < 1.29 is 20.1 Å². The average Bonchev–Trinajstić information content (AvgIpc) is 2.94. The Bertz CT molecular complexity index is 820. The molecule has 0 bridgehead atoms. The molecule has 3 aromatic rings. The predicted octanol–water partition coefficient (Wildman–Crippen LogP) is 3.15. The number of phenolic OH excluding ortho intramolecular Hbond substituents is 2. The topological polar surface area (TPSA) is 95.6 Å². The van der Waals surface area contributed by atoms with Gasteiger partial charge in [0.25, 0.3) is 0 Å². The zero-order valence-corrected chi connectivity index (χ0v) is 11.3. The molecule has 0 aliphatic carbocycles. The van der Waals surface area contributed by atoms with Gasteiger partial charge < -0.3 is 15.3 Å². The summed E-state index contributed by atoms with van der Waals surface area (Å²) in [5.74, 6) is 0.478. The normalized spacial score (nSPS) is 10.5. The fourth-order valence-corrected chi connectivity index (χ4v) is 2.11. The lowest BCUT2D eigenvalue weighted by molar-refractivity contribution is 0.196. The van der Waals surface area contributed by atoms with Gasteiger partial charge in [0.15, 0.2) is 0 Å². The minimum absolute atomic E-state index is 0.0935. The molecule has 0 saturated carbocycles. The van der Waals surface area contributed by atoms with Crippen LogP contribution in [0, 0.1) is 0 Å². The molecule has 0 atom stereocenters. The summed E-state index contributed by atoms with van der Waals surface area (Å²) in [4.78, 5) is 15.7. The van der Waals surface area contributed by atoms with Gasteiger partial charge in [-0.3, -0.25) is 0 Å². The van der Waals surface area contributed by atoms with Crippen molar-refractivity contribution in [3.8, 4) is 34.1 Å². The molecular formula is C16H12N2O4.